The first-order chi connectivity index (χ1) is 15.6. The van der Waals surface area contributed by atoms with Gasteiger partial charge in [-0.05, 0) is 92.9 Å². The van der Waals surface area contributed by atoms with E-state index in [0.717, 1.165) is 32.0 Å². The monoisotopic (exact) mass is 577 g/mol. The average molecular weight is 577 g/mol. The molecular weight excluding hydrogens is 548 g/mol. The zero-order chi connectivity index (χ0) is 24.2. The average Bonchev–Trinajstić information content (AvgIpc) is 2.73. The maximum absolute atomic E-state index is 14.6. The van der Waals surface area contributed by atoms with Crippen molar-refractivity contribution in [1.82, 2.24) is 15.1 Å². The number of carbonyl (C=O) groups is 1. The molecule has 1 saturated heterocycles. The number of hydrogen-bond donors (Lipinski definition) is 2. The summed E-state index contributed by atoms with van der Waals surface area (Å²) >= 11 is 1.94. The molecule has 1 heterocycles. The highest BCUT2D eigenvalue weighted by atomic mass is 127. The molecule has 2 aromatic carbocycles. The number of benzene rings is 2. The third-order valence-corrected chi connectivity index (χ3v) is 6.13. The Labute approximate surface area is 205 Å². The lowest BCUT2D eigenvalue weighted by molar-refractivity contribution is -0.0784. The second-order valence-corrected chi connectivity index (χ2v) is 9.91. The van der Waals surface area contributed by atoms with Gasteiger partial charge in [-0.25, -0.2) is 13.2 Å². The van der Waals surface area contributed by atoms with Crippen molar-refractivity contribution in [3.63, 3.8) is 0 Å². The number of carbonyl (C=O) groups excluding carboxylic acids is 1. The van der Waals surface area contributed by atoms with E-state index in [1.54, 1.807) is 6.07 Å². The molecular formula is C23H29F3IN4O2+. The van der Waals surface area contributed by atoms with Crippen molar-refractivity contribution in [1.29, 1.82) is 0 Å². The molecule has 4 N–H and O–H groups in total. The fourth-order valence-corrected chi connectivity index (χ4v) is 4.15. The number of anilines is 2. The highest BCUT2D eigenvalue weighted by Crippen LogP contribution is 2.31. The molecule has 0 bridgehead atoms. The number of amides is 1. The maximum atomic E-state index is 14.6. The fourth-order valence-electron chi connectivity index (χ4n) is 3.69. The van der Waals surface area contributed by atoms with Gasteiger partial charge in [0.2, 0.25) is 5.60 Å². The molecule has 0 atom stereocenters. The molecule has 10 heteroatoms. The molecule has 0 aromatic heterocycles. The van der Waals surface area contributed by atoms with Gasteiger partial charge < -0.3 is 25.5 Å². The topological polar surface area (TPSA) is 70.5 Å². The van der Waals surface area contributed by atoms with Crippen LogP contribution in [0.15, 0.2) is 30.3 Å². The number of nitrogens with zero attached hydrogens (tertiary/aromatic N) is 2. The first kappa shape index (κ1) is 25.7. The third-order valence-electron chi connectivity index (χ3n) is 5.46. The van der Waals surface area contributed by atoms with E-state index in [0.29, 0.717) is 10.1 Å². The molecule has 6 nitrogen and oxygen atoms in total. The molecule has 2 aromatic rings. The summed E-state index contributed by atoms with van der Waals surface area (Å²) in [5, 5.41) is 14.3. The first-order valence-electron chi connectivity index (χ1n) is 10.7. The summed E-state index contributed by atoms with van der Waals surface area (Å²) in [6, 6.07) is 6.32. The van der Waals surface area contributed by atoms with Gasteiger partial charge >= 0.3 is 0 Å². The van der Waals surface area contributed by atoms with Crippen molar-refractivity contribution in [2.75, 3.05) is 52.1 Å². The smallest absolute Gasteiger partial charge is 0.256 e. The summed E-state index contributed by atoms with van der Waals surface area (Å²) in [5.74, 6) is -3.57. The minimum atomic E-state index is -1.25. The fraction of sp³-hybridized carbons (Fsp3) is 0.435. The third kappa shape index (κ3) is 6.58. The van der Waals surface area contributed by atoms with Crippen LogP contribution in [0.1, 0.15) is 23.2 Å². The summed E-state index contributed by atoms with van der Waals surface area (Å²) in [6.45, 7) is 2.59. The van der Waals surface area contributed by atoms with Crippen LogP contribution in [0, 0.1) is 21.0 Å². The van der Waals surface area contributed by atoms with Gasteiger partial charge in [0.05, 0.1) is 36.6 Å². The van der Waals surface area contributed by atoms with Gasteiger partial charge in [0.1, 0.15) is 5.82 Å². The number of nitrogens with one attached hydrogen (secondary N) is 2. The number of rotatable bonds is 10. The Morgan fingerprint density at radius 3 is 2.55 bits per heavy atom. The van der Waals surface area contributed by atoms with E-state index in [4.69, 9.17) is 5.11 Å². The molecule has 0 aliphatic carbocycles. The summed E-state index contributed by atoms with van der Waals surface area (Å²) in [5.41, 5.74) is -1.41. The van der Waals surface area contributed by atoms with Crippen LogP contribution in [-0.4, -0.2) is 73.2 Å². The van der Waals surface area contributed by atoms with Crippen LogP contribution in [0.4, 0.5) is 24.5 Å². The maximum Gasteiger partial charge on any atom is 0.256 e. The lowest BCUT2D eigenvalue weighted by Crippen LogP contribution is -2.67. The van der Waals surface area contributed by atoms with Gasteiger partial charge in [-0.2, -0.15) is 0 Å². The summed E-state index contributed by atoms with van der Waals surface area (Å²) in [4.78, 5) is 16.5. The predicted octanol–water partition coefficient (Wildman–Crippen LogP) is 3.30. The Morgan fingerprint density at radius 2 is 1.88 bits per heavy atom. The van der Waals surface area contributed by atoms with Crippen molar-refractivity contribution in [2.45, 2.75) is 18.4 Å². The van der Waals surface area contributed by atoms with Crippen molar-refractivity contribution in [3.05, 3.63) is 56.9 Å². The lowest BCUT2D eigenvalue weighted by Gasteiger charge is -2.43. The van der Waals surface area contributed by atoms with Gasteiger partial charge in [-0.15, -0.1) is 0 Å². The van der Waals surface area contributed by atoms with Crippen LogP contribution >= 0.6 is 22.6 Å². The van der Waals surface area contributed by atoms with Crippen LogP contribution in [0.2, 0.25) is 0 Å². The molecule has 180 valence electrons. The molecule has 0 radical (unpaired) electrons. The zero-order valence-corrected chi connectivity index (χ0v) is 20.8. The molecule has 0 spiro atoms. The van der Waals surface area contributed by atoms with Crippen LogP contribution in [-0.2, 0) is 0 Å². The van der Waals surface area contributed by atoms with Crippen LogP contribution < -0.4 is 10.6 Å². The summed E-state index contributed by atoms with van der Waals surface area (Å²) in [6.07, 6.45) is 2.05. The van der Waals surface area contributed by atoms with Crippen molar-refractivity contribution < 1.29 is 23.1 Å². The molecule has 3 rings (SSSR count). The Morgan fingerprint density at radius 1 is 1.15 bits per heavy atom. The first-order valence-corrected chi connectivity index (χ1v) is 11.8. The van der Waals surface area contributed by atoms with E-state index < -0.39 is 34.6 Å². The Kier molecular flexibility index (Phi) is 8.59. The number of unbranched alkanes of at least 4 members (excludes halogenated alkanes) is 1. The predicted molar refractivity (Wildman–Crippen MR) is 132 cm³/mol. The number of likely N-dealkylation sites (tertiary alicyclic amines) is 1. The van der Waals surface area contributed by atoms with Crippen molar-refractivity contribution in [3.8, 4) is 0 Å². The quantitative estimate of drug-likeness (QED) is 0.259. The largest absolute Gasteiger partial charge is 0.437 e. The number of halogens is 4. The van der Waals surface area contributed by atoms with E-state index in [9.17, 15) is 18.0 Å². The van der Waals surface area contributed by atoms with Gasteiger partial charge in [-0.1, -0.05) is 0 Å². The molecule has 1 aliphatic rings. The standard InChI is InChI=1S/C23H28F3IN4O2/c1-30(2)10-4-3-9-28-12-23(33)13-31(14-23)22(32)16-6-7-17(24)20(26)21(16)29-19-8-5-15(27)11-18(19)25/h5-8,11,28-29,33H,3-4,9-10,12-14H2,1-2H3/p+1. The Balaban J connectivity index is 1.63. The van der Waals surface area contributed by atoms with Gasteiger partial charge in [0.25, 0.3) is 5.91 Å². The lowest BCUT2D eigenvalue weighted by atomic mass is 9.92. The van der Waals surface area contributed by atoms with Crippen LogP contribution in [0.25, 0.3) is 0 Å². The van der Waals surface area contributed by atoms with E-state index in [1.807, 2.05) is 36.7 Å². The van der Waals surface area contributed by atoms with Crippen LogP contribution in [0.5, 0.6) is 0 Å². The number of hydrogen-bond acceptors (Lipinski definition) is 4. The van der Waals surface area contributed by atoms with Crippen molar-refractivity contribution >= 4 is 39.9 Å². The minimum Gasteiger partial charge on any atom is -0.437 e. The highest BCUT2D eigenvalue weighted by molar-refractivity contribution is 14.1. The SMILES string of the molecule is CN(C)CCCCNCC1([OH2+])CN(C(=O)c2ccc(F)c(F)c2Nc2ccc(I)cc2F)C1. The second-order valence-electron chi connectivity index (χ2n) is 8.66. The minimum absolute atomic E-state index is 0.0640. The molecule has 33 heavy (non-hydrogen) atoms. The second kappa shape index (κ2) is 11.0. The van der Waals surface area contributed by atoms with Gasteiger partial charge in [0.15, 0.2) is 11.6 Å². The molecule has 0 saturated carbocycles. The molecule has 1 aliphatic heterocycles. The summed E-state index contributed by atoms with van der Waals surface area (Å²) < 4.78 is 43.4. The highest BCUT2D eigenvalue weighted by Gasteiger charge is 2.48. The molecule has 0 unspecified atom stereocenters. The van der Waals surface area contributed by atoms with E-state index >= 15 is 0 Å². The normalized spacial score (nSPS) is 15.0. The van der Waals surface area contributed by atoms with Crippen LogP contribution in [0.3, 0.4) is 0 Å². The molecule has 1 amide bonds. The summed E-state index contributed by atoms with van der Waals surface area (Å²) in [7, 11) is 4.05. The van der Waals surface area contributed by atoms with E-state index in [2.05, 4.69) is 15.5 Å². The Hall–Kier alpha value is -1.89. The molecule has 1 fully saturated rings. The van der Waals surface area contributed by atoms with E-state index in [1.165, 1.54) is 23.1 Å². The Bertz CT molecular complexity index is 1000. The zero-order valence-electron chi connectivity index (χ0n) is 18.7. The van der Waals surface area contributed by atoms with Crippen molar-refractivity contribution in [2.24, 2.45) is 0 Å². The van der Waals surface area contributed by atoms with Gasteiger partial charge in [0, 0.05) is 3.57 Å². The van der Waals surface area contributed by atoms with E-state index in [-0.39, 0.29) is 24.3 Å². The van der Waals surface area contributed by atoms with Gasteiger partial charge in [-0.3, -0.25) is 4.79 Å².